The van der Waals surface area contributed by atoms with Crippen molar-refractivity contribution in [3.8, 4) is 0 Å². The van der Waals surface area contributed by atoms with E-state index in [1.54, 1.807) is 6.92 Å². The summed E-state index contributed by atoms with van der Waals surface area (Å²) in [5, 5.41) is 1.85. The summed E-state index contributed by atoms with van der Waals surface area (Å²) in [5.74, 6) is -1.76. The minimum Gasteiger partial charge on any atom is -0.450 e. The highest BCUT2D eigenvalue weighted by atomic mass is 35.5. The molecule has 1 aromatic rings. The smallest absolute Gasteiger partial charge is 0.411 e. The molecule has 0 fully saturated rings. The van der Waals surface area contributed by atoms with Crippen LogP contribution >= 0.6 is 11.6 Å². The van der Waals surface area contributed by atoms with Crippen LogP contribution < -0.4 is 5.32 Å². The number of rotatable bonds is 2. The third-order valence-electron chi connectivity index (χ3n) is 1.51. The molecule has 0 unspecified atom stereocenters. The maximum Gasteiger partial charge on any atom is 0.411 e. The third-order valence-corrected chi connectivity index (χ3v) is 1.81. The van der Waals surface area contributed by atoms with Crippen LogP contribution in [0, 0.1) is 11.6 Å². The van der Waals surface area contributed by atoms with Gasteiger partial charge in [0.25, 0.3) is 0 Å². The number of carbonyl (C=O) groups is 1. The summed E-state index contributed by atoms with van der Waals surface area (Å²) in [6.07, 6.45) is -0.843. The van der Waals surface area contributed by atoms with Crippen LogP contribution in [0.2, 0.25) is 5.02 Å². The van der Waals surface area contributed by atoms with Crippen molar-refractivity contribution in [1.82, 2.24) is 0 Å². The van der Waals surface area contributed by atoms with Crippen molar-refractivity contribution < 1.29 is 18.3 Å². The Morgan fingerprint density at radius 2 is 2.20 bits per heavy atom. The van der Waals surface area contributed by atoms with E-state index in [0.717, 1.165) is 6.07 Å². The molecule has 15 heavy (non-hydrogen) atoms. The Bertz CT molecular complexity index is 361. The highest BCUT2D eigenvalue weighted by molar-refractivity contribution is 6.33. The summed E-state index contributed by atoms with van der Waals surface area (Å²) in [6, 6.07) is 1.51. The first kappa shape index (κ1) is 11.7. The van der Waals surface area contributed by atoms with Gasteiger partial charge in [0, 0.05) is 6.07 Å². The first-order valence-corrected chi connectivity index (χ1v) is 4.50. The molecule has 0 saturated carbocycles. The lowest BCUT2D eigenvalue weighted by molar-refractivity contribution is 0.168. The van der Waals surface area contributed by atoms with Gasteiger partial charge in [-0.15, -0.1) is 0 Å². The Balaban J connectivity index is 2.90. The lowest BCUT2D eigenvalue weighted by atomic mass is 10.3. The molecule has 0 saturated heterocycles. The van der Waals surface area contributed by atoms with Crippen LogP contribution in [0.1, 0.15) is 6.92 Å². The van der Waals surface area contributed by atoms with Crippen molar-refractivity contribution in [2.45, 2.75) is 6.92 Å². The molecule has 0 aliphatic carbocycles. The van der Waals surface area contributed by atoms with E-state index in [0.29, 0.717) is 6.07 Å². The number of hydrogen-bond donors (Lipinski definition) is 1. The van der Waals surface area contributed by atoms with Crippen LogP contribution in [0.5, 0.6) is 0 Å². The highest BCUT2D eigenvalue weighted by Gasteiger charge is 2.13. The van der Waals surface area contributed by atoms with Gasteiger partial charge in [0.05, 0.1) is 17.3 Å². The van der Waals surface area contributed by atoms with E-state index in [1.807, 2.05) is 0 Å². The van der Waals surface area contributed by atoms with Crippen LogP contribution in [0.15, 0.2) is 12.1 Å². The second kappa shape index (κ2) is 4.93. The lowest BCUT2D eigenvalue weighted by Gasteiger charge is -2.07. The molecular weight excluding hydrogens is 228 g/mol. The predicted molar refractivity (Wildman–Crippen MR) is 52.0 cm³/mol. The Labute approximate surface area is 90.0 Å². The summed E-state index contributed by atoms with van der Waals surface area (Å²) >= 11 is 5.53. The van der Waals surface area contributed by atoms with Gasteiger partial charge in [0.15, 0.2) is 5.82 Å². The fourth-order valence-corrected chi connectivity index (χ4v) is 1.17. The molecule has 0 radical (unpaired) electrons. The van der Waals surface area contributed by atoms with E-state index < -0.39 is 17.7 Å². The number of benzene rings is 1. The second-order valence-electron chi connectivity index (χ2n) is 2.59. The summed E-state index contributed by atoms with van der Waals surface area (Å²) in [5.41, 5.74) is -0.295. The quantitative estimate of drug-likeness (QED) is 0.855. The number of anilines is 1. The van der Waals surface area contributed by atoms with Crippen molar-refractivity contribution in [2.75, 3.05) is 11.9 Å². The summed E-state index contributed by atoms with van der Waals surface area (Å²) in [4.78, 5) is 10.9. The molecule has 0 spiro atoms. The van der Waals surface area contributed by atoms with Crippen LogP contribution in [-0.4, -0.2) is 12.7 Å². The van der Waals surface area contributed by atoms with Crippen molar-refractivity contribution in [2.24, 2.45) is 0 Å². The normalized spacial score (nSPS) is 9.87. The Hall–Kier alpha value is -1.36. The van der Waals surface area contributed by atoms with Gasteiger partial charge in [-0.25, -0.2) is 13.6 Å². The summed E-state index contributed by atoms with van der Waals surface area (Å²) in [7, 11) is 0. The molecule has 82 valence electrons. The predicted octanol–water partition coefficient (Wildman–Crippen LogP) is 3.19. The zero-order valence-corrected chi connectivity index (χ0v) is 8.57. The Morgan fingerprint density at radius 3 is 2.73 bits per heavy atom. The topological polar surface area (TPSA) is 38.3 Å². The SMILES string of the molecule is CCOC(=O)Nc1c(F)cc(F)cc1Cl. The van der Waals surface area contributed by atoms with Crippen LogP contribution in [0.4, 0.5) is 19.3 Å². The van der Waals surface area contributed by atoms with Gasteiger partial charge in [-0.1, -0.05) is 11.6 Å². The molecule has 0 aliphatic heterocycles. The molecule has 3 nitrogen and oxygen atoms in total. The maximum atomic E-state index is 13.1. The average Bonchev–Trinajstić information content (AvgIpc) is 2.11. The molecule has 0 atom stereocenters. The molecule has 0 heterocycles. The van der Waals surface area contributed by atoms with E-state index >= 15 is 0 Å². The first-order chi connectivity index (χ1) is 7.04. The van der Waals surface area contributed by atoms with Gasteiger partial charge in [-0.05, 0) is 13.0 Å². The minimum absolute atomic E-state index is 0.145. The fraction of sp³-hybridized carbons (Fsp3) is 0.222. The molecule has 1 aromatic carbocycles. The molecule has 1 rings (SSSR count). The first-order valence-electron chi connectivity index (χ1n) is 4.13. The fourth-order valence-electron chi connectivity index (χ4n) is 0.931. The van der Waals surface area contributed by atoms with Gasteiger partial charge in [0.2, 0.25) is 0 Å². The van der Waals surface area contributed by atoms with Crippen LogP contribution in [0.25, 0.3) is 0 Å². The van der Waals surface area contributed by atoms with E-state index in [1.165, 1.54) is 0 Å². The summed E-state index contributed by atoms with van der Waals surface area (Å²) < 4.78 is 30.3. The van der Waals surface area contributed by atoms with Crippen molar-refractivity contribution >= 4 is 23.4 Å². The van der Waals surface area contributed by atoms with Gasteiger partial charge in [-0.3, -0.25) is 5.32 Å². The zero-order chi connectivity index (χ0) is 11.4. The molecule has 1 N–H and O–H groups in total. The largest absolute Gasteiger partial charge is 0.450 e. The van der Waals surface area contributed by atoms with Gasteiger partial charge in [0.1, 0.15) is 5.82 Å². The lowest BCUT2D eigenvalue weighted by Crippen LogP contribution is -2.14. The molecule has 0 aliphatic rings. The number of halogens is 3. The molecule has 0 aromatic heterocycles. The van der Waals surface area contributed by atoms with E-state index in [4.69, 9.17) is 11.6 Å². The highest BCUT2D eigenvalue weighted by Crippen LogP contribution is 2.26. The monoisotopic (exact) mass is 235 g/mol. The van der Waals surface area contributed by atoms with E-state index in [2.05, 4.69) is 10.1 Å². The molecular formula is C9H8ClF2NO2. The minimum atomic E-state index is -0.951. The molecule has 0 bridgehead atoms. The van der Waals surface area contributed by atoms with E-state index in [-0.39, 0.29) is 17.3 Å². The average molecular weight is 236 g/mol. The van der Waals surface area contributed by atoms with Crippen LogP contribution in [0.3, 0.4) is 0 Å². The Morgan fingerprint density at radius 1 is 1.53 bits per heavy atom. The number of ether oxygens (including phenoxy) is 1. The molecule has 1 amide bonds. The van der Waals surface area contributed by atoms with Crippen molar-refractivity contribution in [3.05, 3.63) is 28.8 Å². The number of hydrogen-bond acceptors (Lipinski definition) is 2. The van der Waals surface area contributed by atoms with E-state index in [9.17, 15) is 13.6 Å². The number of carbonyl (C=O) groups excluding carboxylic acids is 1. The number of amides is 1. The van der Waals surface area contributed by atoms with Gasteiger partial charge < -0.3 is 4.74 Å². The van der Waals surface area contributed by atoms with Crippen molar-refractivity contribution in [1.29, 1.82) is 0 Å². The van der Waals surface area contributed by atoms with Crippen molar-refractivity contribution in [3.63, 3.8) is 0 Å². The third kappa shape index (κ3) is 3.06. The van der Waals surface area contributed by atoms with Gasteiger partial charge >= 0.3 is 6.09 Å². The number of nitrogens with one attached hydrogen (secondary N) is 1. The van der Waals surface area contributed by atoms with Crippen LogP contribution in [-0.2, 0) is 4.74 Å². The zero-order valence-electron chi connectivity index (χ0n) is 7.81. The van der Waals surface area contributed by atoms with Gasteiger partial charge in [-0.2, -0.15) is 0 Å². The second-order valence-corrected chi connectivity index (χ2v) is 3.00. The standard InChI is InChI=1S/C9H8ClF2NO2/c1-2-15-9(14)13-8-6(10)3-5(11)4-7(8)12/h3-4H,2H2,1H3,(H,13,14). The molecule has 6 heteroatoms. The Kier molecular flexibility index (Phi) is 3.85. The maximum absolute atomic E-state index is 13.1. The summed E-state index contributed by atoms with van der Waals surface area (Å²) in [6.45, 7) is 1.74.